The predicted octanol–water partition coefficient (Wildman–Crippen LogP) is -1.02. The third kappa shape index (κ3) is 4.08. The Morgan fingerprint density at radius 1 is 1.48 bits per heavy atom. The van der Waals surface area contributed by atoms with Crippen molar-refractivity contribution < 1.29 is 31.9 Å². The van der Waals surface area contributed by atoms with E-state index in [1.807, 2.05) is 0 Å². The molecular weight excluding hydrogens is 359 g/mol. The van der Waals surface area contributed by atoms with Crippen LogP contribution in [0.4, 0.5) is 9.18 Å². The number of hydrogen-bond donors (Lipinski definition) is 2. The van der Waals surface area contributed by atoms with Crippen LogP contribution in [0, 0.1) is 5.92 Å². The number of alkyl halides is 1. The lowest BCUT2D eigenvalue weighted by atomic mass is 10.0. The molecule has 3 aliphatic rings. The van der Waals surface area contributed by atoms with Crippen molar-refractivity contribution in [3.63, 3.8) is 0 Å². The minimum Gasteiger partial charge on any atom is -0.748 e. The highest BCUT2D eigenvalue weighted by atomic mass is 32.2. The van der Waals surface area contributed by atoms with Gasteiger partial charge in [-0.1, -0.05) is 0 Å². The number of amides is 3. The number of hydroxylamine groups is 3. The van der Waals surface area contributed by atoms with Crippen LogP contribution in [0.3, 0.4) is 0 Å². The molecule has 0 aromatic rings. The van der Waals surface area contributed by atoms with Gasteiger partial charge >= 0.3 is 6.03 Å². The molecule has 3 heterocycles. The van der Waals surface area contributed by atoms with Crippen molar-refractivity contribution in [2.75, 3.05) is 26.4 Å². The van der Waals surface area contributed by atoms with Crippen LogP contribution in [0.15, 0.2) is 0 Å². The number of nitrogens with one attached hydrogen (secondary N) is 2. The van der Waals surface area contributed by atoms with E-state index < -0.39 is 35.4 Å². The van der Waals surface area contributed by atoms with E-state index in [2.05, 4.69) is 15.1 Å². The molecule has 3 rings (SSSR count). The lowest BCUT2D eigenvalue weighted by Gasteiger charge is -2.29. The van der Waals surface area contributed by atoms with Crippen molar-refractivity contribution in [2.45, 2.75) is 37.4 Å². The number of nitrogens with zero attached hydrogens (tertiary/aromatic N) is 2. The topological polar surface area (TPSA) is 123 Å². The summed E-state index contributed by atoms with van der Waals surface area (Å²) >= 11 is -2.85. The summed E-state index contributed by atoms with van der Waals surface area (Å²) in [5, 5.41) is 3.89. The molecule has 0 radical (unpaired) electrons. The fraction of sp³-hybridized carbons (Fsp3) is 0.846. The molecule has 2 bridgehead atoms. The van der Waals surface area contributed by atoms with E-state index in [4.69, 9.17) is 4.84 Å². The molecule has 3 unspecified atom stereocenters. The first-order chi connectivity index (χ1) is 12.0. The van der Waals surface area contributed by atoms with Gasteiger partial charge in [-0.3, -0.25) is 14.0 Å². The van der Waals surface area contributed by atoms with Crippen molar-refractivity contribution in [1.82, 2.24) is 20.8 Å². The van der Waals surface area contributed by atoms with E-state index in [0.717, 1.165) is 5.06 Å². The van der Waals surface area contributed by atoms with E-state index in [1.54, 1.807) is 0 Å². The summed E-state index contributed by atoms with van der Waals surface area (Å²) in [6.45, 7) is 0.622. The first-order valence-electron chi connectivity index (χ1n) is 8.08. The molecular formula is C13H20FN4O6S-. The summed E-state index contributed by atoms with van der Waals surface area (Å²) in [6.07, 6.45) is 1.46. The standard InChI is InChI=1S/C13H21FN4O6S/c14-4-8-3-9(15-5-8)7-23-16-12(19)11-2-1-10-6-17(11)13(20)18(10)24-25(21)22/h8-11,15H,1-7H2,(H,16,19)(H,21,22)/p-1/t8-,9-,10?,11?/m1/s1. The molecule has 2 N–H and O–H groups in total. The van der Waals surface area contributed by atoms with Gasteiger partial charge in [0.05, 0.1) is 19.3 Å². The van der Waals surface area contributed by atoms with Crippen LogP contribution in [0.1, 0.15) is 19.3 Å². The number of carbonyl (C=O) groups is 2. The maximum atomic E-state index is 12.6. The second-order valence-corrected chi connectivity index (χ2v) is 6.98. The molecule has 10 nitrogen and oxygen atoms in total. The summed E-state index contributed by atoms with van der Waals surface area (Å²) < 4.78 is 38.4. The summed E-state index contributed by atoms with van der Waals surface area (Å²) in [6, 6.07) is -1.82. The number of urea groups is 1. The molecule has 3 fully saturated rings. The van der Waals surface area contributed by atoms with Gasteiger partial charge in [0, 0.05) is 25.0 Å². The molecule has 142 valence electrons. The smallest absolute Gasteiger partial charge is 0.346 e. The molecule has 0 aliphatic carbocycles. The van der Waals surface area contributed by atoms with Crippen LogP contribution < -0.4 is 10.8 Å². The Labute approximate surface area is 146 Å². The Morgan fingerprint density at radius 3 is 2.96 bits per heavy atom. The first kappa shape index (κ1) is 18.5. The Kier molecular flexibility index (Phi) is 5.84. The first-order valence-corrected chi connectivity index (χ1v) is 9.08. The fourth-order valence-electron chi connectivity index (χ4n) is 3.50. The van der Waals surface area contributed by atoms with Gasteiger partial charge in [0.1, 0.15) is 17.4 Å². The van der Waals surface area contributed by atoms with Crippen LogP contribution in [0.25, 0.3) is 0 Å². The largest absolute Gasteiger partial charge is 0.748 e. The normalized spacial score (nSPS) is 33.0. The monoisotopic (exact) mass is 379 g/mol. The van der Waals surface area contributed by atoms with Gasteiger partial charge in [0.2, 0.25) is 0 Å². The number of rotatable bonds is 7. The number of carbonyl (C=O) groups excluding carboxylic acids is 2. The van der Waals surface area contributed by atoms with E-state index in [0.29, 0.717) is 25.8 Å². The van der Waals surface area contributed by atoms with Crippen molar-refractivity contribution in [2.24, 2.45) is 5.92 Å². The van der Waals surface area contributed by atoms with E-state index in [-0.39, 0.29) is 31.8 Å². The molecule has 0 saturated carbocycles. The Morgan fingerprint density at radius 2 is 2.28 bits per heavy atom. The zero-order chi connectivity index (χ0) is 18.0. The van der Waals surface area contributed by atoms with Crippen LogP contribution in [0.2, 0.25) is 0 Å². The van der Waals surface area contributed by atoms with Gasteiger partial charge < -0.3 is 14.8 Å². The van der Waals surface area contributed by atoms with Crippen LogP contribution in [-0.2, 0) is 25.3 Å². The Hall–Kier alpha value is -1.34. The molecule has 0 spiro atoms. The highest BCUT2D eigenvalue weighted by Gasteiger charge is 2.48. The van der Waals surface area contributed by atoms with Gasteiger partial charge in [-0.15, -0.1) is 0 Å². The van der Waals surface area contributed by atoms with E-state index in [9.17, 15) is 22.7 Å². The quantitative estimate of drug-likeness (QED) is 0.428. The number of hydrogen-bond acceptors (Lipinski definition) is 7. The zero-order valence-electron chi connectivity index (χ0n) is 13.4. The van der Waals surface area contributed by atoms with Crippen LogP contribution in [0.5, 0.6) is 0 Å². The maximum Gasteiger partial charge on any atom is 0.346 e. The number of fused-ring (bicyclic) bond motifs is 2. The lowest BCUT2D eigenvalue weighted by molar-refractivity contribution is -0.139. The minimum atomic E-state index is -2.85. The van der Waals surface area contributed by atoms with Gasteiger partial charge in [0.15, 0.2) is 0 Å². The Balaban J connectivity index is 1.47. The number of halogens is 1. The maximum absolute atomic E-state index is 12.6. The van der Waals surface area contributed by atoms with Gasteiger partial charge in [-0.25, -0.2) is 14.5 Å². The lowest BCUT2D eigenvalue weighted by Crippen LogP contribution is -2.50. The Bertz CT molecular complexity index is 555. The summed E-state index contributed by atoms with van der Waals surface area (Å²) in [4.78, 5) is 30.9. The van der Waals surface area contributed by atoms with Crippen LogP contribution >= 0.6 is 0 Å². The van der Waals surface area contributed by atoms with Crippen molar-refractivity contribution in [3.05, 3.63) is 0 Å². The molecule has 12 heteroatoms. The fourth-order valence-corrected chi connectivity index (χ4v) is 3.81. The highest BCUT2D eigenvalue weighted by molar-refractivity contribution is 7.74. The molecule has 0 aromatic carbocycles. The highest BCUT2D eigenvalue weighted by Crippen LogP contribution is 2.30. The summed E-state index contributed by atoms with van der Waals surface area (Å²) in [5.41, 5.74) is 2.32. The molecule has 3 saturated heterocycles. The van der Waals surface area contributed by atoms with Gasteiger partial charge in [-0.05, 0) is 19.3 Å². The van der Waals surface area contributed by atoms with Gasteiger partial charge in [-0.2, -0.15) is 9.35 Å². The third-order valence-corrected chi connectivity index (χ3v) is 5.04. The zero-order valence-corrected chi connectivity index (χ0v) is 14.2. The molecule has 25 heavy (non-hydrogen) atoms. The van der Waals surface area contributed by atoms with Crippen molar-refractivity contribution in [1.29, 1.82) is 0 Å². The average molecular weight is 379 g/mol. The van der Waals surface area contributed by atoms with E-state index >= 15 is 0 Å². The third-order valence-electron chi connectivity index (χ3n) is 4.76. The van der Waals surface area contributed by atoms with Gasteiger partial charge in [0.25, 0.3) is 5.91 Å². The number of piperidine rings is 1. The molecule has 3 amide bonds. The second kappa shape index (κ2) is 7.91. The van der Waals surface area contributed by atoms with Crippen molar-refractivity contribution >= 4 is 23.3 Å². The summed E-state index contributed by atoms with van der Waals surface area (Å²) in [7, 11) is 0. The second-order valence-electron chi connectivity index (χ2n) is 6.42. The predicted molar refractivity (Wildman–Crippen MR) is 80.7 cm³/mol. The molecule has 5 atom stereocenters. The minimum absolute atomic E-state index is 0.0267. The average Bonchev–Trinajstić information content (AvgIpc) is 3.14. The van der Waals surface area contributed by atoms with Crippen molar-refractivity contribution in [3.8, 4) is 0 Å². The van der Waals surface area contributed by atoms with E-state index in [1.165, 1.54) is 4.90 Å². The van der Waals surface area contributed by atoms with Crippen LogP contribution in [-0.4, -0.2) is 75.2 Å². The molecule has 3 aliphatic heterocycles. The molecule has 0 aromatic heterocycles. The SMILES string of the molecule is O=C(NOC[C@H]1C[C@H](CF)CN1)C1CCC2CN1C(=O)N2OS(=O)[O-]. The summed E-state index contributed by atoms with van der Waals surface area (Å²) in [5.74, 6) is -0.503.